The maximum atomic E-state index is 13.4. The van der Waals surface area contributed by atoms with Gasteiger partial charge in [0.2, 0.25) is 11.7 Å². The first-order valence-electron chi connectivity index (χ1n) is 6.59. The van der Waals surface area contributed by atoms with Crippen LogP contribution >= 0.6 is 0 Å². The summed E-state index contributed by atoms with van der Waals surface area (Å²) in [7, 11) is 1.81. The minimum Gasteiger partial charge on any atom is -0.485 e. The lowest BCUT2D eigenvalue weighted by Crippen LogP contribution is -2.06. The van der Waals surface area contributed by atoms with Crippen LogP contribution in [0.5, 0.6) is 5.75 Å². The van der Waals surface area contributed by atoms with Crippen LogP contribution in [0.15, 0.2) is 22.7 Å². The molecule has 0 radical (unpaired) electrons. The number of nitrogens with one attached hydrogen (secondary N) is 1. The molecule has 0 aliphatic carbocycles. The monoisotopic (exact) mass is 279 g/mol. The van der Waals surface area contributed by atoms with E-state index in [1.807, 2.05) is 6.92 Å². The molecule has 1 heterocycles. The van der Waals surface area contributed by atoms with Crippen molar-refractivity contribution < 1.29 is 13.7 Å². The van der Waals surface area contributed by atoms with E-state index in [0.717, 1.165) is 18.4 Å². The molecule has 108 valence electrons. The van der Waals surface area contributed by atoms with Crippen molar-refractivity contribution in [1.29, 1.82) is 0 Å². The van der Waals surface area contributed by atoms with E-state index in [1.165, 1.54) is 12.1 Å². The maximum absolute atomic E-state index is 13.4. The summed E-state index contributed by atoms with van der Waals surface area (Å²) in [6, 6.07) is 4.59. The molecular weight excluding hydrogens is 261 g/mol. The molecule has 0 amide bonds. The van der Waals surface area contributed by atoms with E-state index in [2.05, 4.69) is 15.5 Å². The van der Waals surface area contributed by atoms with Gasteiger partial charge >= 0.3 is 0 Å². The second-order valence-electron chi connectivity index (χ2n) is 4.47. The van der Waals surface area contributed by atoms with Crippen LogP contribution < -0.4 is 10.1 Å². The van der Waals surface area contributed by atoms with E-state index in [9.17, 15) is 4.39 Å². The normalized spacial score (nSPS) is 10.8. The number of ether oxygens (including phenoxy) is 1. The molecule has 0 saturated heterocycles. The van der Waals surface area contributed by atoms with Crippen LogP contribution in [-0.4, -0.2) is 17.2 Å². The summed E-state index contributed by atoms with van der Waals surface area (Å²) in [5.74, 6) is 1.19. The predicted octanol–water partition coefficient (Wildman–Crippen LogP) is 2.46. The van der Waals surface area contributed by atoms with Crippen LogP contribution in [0.1, 0.15) is 30.6 Å². The van der Waals surface area contributed by atoms with Gasteiger partial charge in [-0.3, -0.25) is 0 Å². The Morgan fingerprint density at radius 2 is 2.20 bits per heavy atom. The number of benzene rings is 1. The summed E-state index contributed by atoms with van der Waals surface area (Å²) in [5.41, 5.74) is 0.822. The fourth-order valence-corrected chi connectivity index (χ4v) is 1.82. The Morgan fingerprint density at radius 1 is 1.35 bits per heavy atom. The lowest BCUT2D eigenvalue weighted by molar-refractivity contribution is 0.283. The second-order valence-corrected chi connectivity index (χ2v) is 4.47. The molecule has 0 fully saturated rings. The molecule has 0 unspecified atom stereocenters. The number of aryl methyl sites for hydroxylation is 1. The van der Waals surface area contributed by atoms with E-state index in [1.54, 1.807) is 13.1 Å². The van der Waals surface area contributed by atoms with Crippen LogP contribution in [0.2, 0.25) is 0 Å². The van der Waals surface area contributed by atoms with Crippen molar-refractivity contribution in [3.63, 3.8) is 0 Å². The third kappa shape index (κ3) is 4.03. The second kappa shape index (κ2) is 7.00. The predicted molar refractivity (Wildman–Crippen MR) is 71.8 cm³/mol. The Hall–Kier alpha value is -1.95. The van der Waals surface area contributed by atoms with Crippen LogP contribution in [0.25, 0.3) is 0 Å². The molecule has 0 bridgehead atoms. The first kappa shape index (κ1) is 14.5. The topological polar surface area (TPSA) is 60.2 Å². The van der Waals surface area contributed by atoms with Crippen molar-refractivity contribution in [2.75, 3.05) is 7.05 Å². The SMILES string of the molecule is CCCc1nc(COc2cc(F)cc(CNC)c2)no1. The maximum Gasteiger partial charge on any atom is 0.226 e. The van der Waals surface area contributed by atoms with Crippen molar-refractivity contribution in [3.05, 3.63) is 41.3 Å². The Kier molecular flexibility index (Phi) is 5.06. The molecule has 1 aromatic heterocycles. The molecule has 6 heteroatoms. The molecule has 0 saturated carbocycles. The number of hydrogen-bond donors (Lipinski definition) is 1. The van der Waals surface area contributed by atoms with Crippen molar-refractivity contribution in [3.8, 4) is 5.75 Å². The summed E-state index contributed by atoms with van der Waals surface area (Å²) in [4.78, 5) is 4.19. The smallest absolute Gasteiger partial charge is 0.226 e. The fourth-order valence-electron chi connectivity index (χ4n) is 1.82. The molecule has 1 N–H and O–H groups in total. The number of hydrogen-bond acceptors (Lipinski definition) is 5. The van der Waals surface area contributed by atoms with E-state index in [4.69, 9.17) is 9.26 Å². The average molecular weight is 279 g/mol. The van der Waals surface area contributed by atoms with Crippen molar-refractivity contribution in [2.45, 2.75) is 32.9 Å². The van der Waals surface area contributed by atoms with Crippen molar-refractivity contribution in [1.82, 2.24) is 15.5 Å². The average Bonchev–Trinajstić information content (AvgIpc) is 2.84. The molecular formula is C14H18FN3O2. The summed E-state index contributed by atoms with van der Waals surface area (Å²) in [6.07, 6.45) is 1.69. The quantitative estimate of drug-likeness (QED) is 0.843. The molecule has 0 aliphatic heterocycles. The number of rotatable bonds is 7. The van der Waals surface area contributed by atoms with Gasteiger partial charge in [0.1, 0.15) is 11.6 Å². The molecule has 1 aromatic carbocycles. The van der Waals surface area contributed by atoms with Gasteiger partial charge in [-0.15, -0.1) is 0 Å². The van der Waals surface area contributed by atoms with Crippen molar-refractivity contribution in [2.24, 2.45) is 0 Å². The third-order valence-electron chi connectivity index (χ3n) is 2.65. The Labute approximate surface area is 117 Å². The lowest BCUT2D eigenvalue weighted by atomic mass is 10.2. The summed E-state index contributed by atoms with van der Waals surface area (Å²) in [5, 5.41) is 6.78. The minimum absolute atomic E-state index is 0.162. The Morgan fingerprint density at radius 3 is 2.95 bits per heavy atom. The van der Waals surface area contributed by atoms with Gasteiger partial charge in [0.15, 0.2) is 6.61 Å². The largest absolute Gasteiger partial charge is 0.485 e. The fraction of sp³-hybridized carbons (Fsp3) is 0.429. The van der Waals surface area contributed by atoms with Gasteiger partial charge in [0.25, 0.3) is 0 Å². The van der Waals surface area contributed by atoms with Crippen LogP contribution in [0, 0.1) is 5.82 Å². The highest BCUT2D eigenvalue weighted by molar-refractivity contribution is 5.29. The zero-order valence-corrected chi connectivity index (χ0v) is 11.6. The van der Waals surface area contributed by atoms with Gasteiger partial charge in [-0.2, -0.15) is 4.98 Å². The first-order valence-corrected chi connectivity index (χ1v) is 6.59. The summed E-state index contributed by atoms with van der Waals surface area (Å²) < 4.78 is 24.0. The zero-order chi connectivity index (χ0) is 14.4. The van der Waals surface area contributed by atoms with Gasteiger partial charge in [-0.05, 0) is 31.2 Å². The summed E-state index contributed by atoms with van der Waals surface area (Å²) in [6.45, 7) is 2.78. The third-order valence-corrected chi connectivity index (χ3v) is 2.65. The van der Waals surface area contributed by atoms with E-state index in [0.29, 0.717) is 24.0 Å². The highest BCUT2D eigenvalue weighted by atomic mass is 19.1. The Balaban J connectivity index is 1.98. The van der Waals surface area contributed by atoms with Gasteiger partial charge < -0.3 is 14.6 Å². The van der Waals surface area contributed by atoms with E-state index >= 15 is 0 Å². The minimum atomic E-state index is -0.326. The molecule has 5 nitrogen and oxygen atoms in total. The van der Waals surface area contributed by atoms with Crippen LogP contribution in [0.4, 0.5) is 4.39 Å². The molecule has 0 aliphatic rings. The molecule has 0 spiro atoms. The van der Waals surface area contributed by atoms with Gasteiger partial charge in [-0.25, -0.2) is 4.39 Å². The molecule has 20 heavy (non-hydrogen) atoms. The number of nitrogens with zero attached hydrogens (tertiary/aromatic N) is 2. The summed E-state index contributed by atoms with van der Waals surface area (Å²) >= 11 is 0. The molecule has 2 aromatic rings. The highest BCUT2D eigenvalue weighted by Crippen LogP contribution is 2.17. The Bertz CT molecular complexity index is 557. The van der Waals surface area contributed by atoms with Gasteiger partial charge in [0.05, 0.1) is 0 Å². The van der Waals surface area contributed by atoms with E-state index < -0.39 is 0 Å². The zero-order valence-electron chi connectivity index (χ0n) is 11.6. The standard InChI is InChI=1S/C14H18FN3O2/c1-3-4-14-17-13(18-20-14)9-19-12-6-10(8-16-2)5-11(15)7-12/h5-7,16H,3-4,8-9H2,1-2H3. The number of halogens is 1. The highest BCUT2D eigenvalue weighted by Gasteiger charge is 2.07. The van der Waals surface area contributed by atoms with Crippen LogP contribution in [-0.2, 0) is 19.6 Å². The van der Waals surface area contributed by atoms with Crippen LogP contribution in [0.3, 0.4) is 0 Å². The van der Waals surface area contributed by atoms with Crippen molar-refractivity contribution >= 4 is 0 Å². The lowest BCUT2D eigenvalue weighted by Gasteiger charge is -2.06. The number of aromatic nitrogens is 2. The van der Waals surface area contributed by atoms with Gasteiger partial charge in [0, 0.05) is 19.0 Å². The van der Waals surface area contributed by atoms with E-state index in [-0.39, 0.29) is 12.4 Å². The molecule has 0 atom stereocenters. The first-order chi connectivity index (χ1) is 9.71. The van der Waals surface area contributed by atoms with Gasteiger partial charge in [-0.1, -0.05) is 12.1 Å². The molecule has 2 rings (SSSR count).